The molecule has 0 aliphatic heterocycles. The predicted molar refractivity (Wildman–Crippen MR) is 97.2 cm³/mol. The van der Waals surface area contributed by atoms with Crippen LogP contribution >= 0.6 is 7.92 Å². The van der Waals surface area contributed by atoms with Gasteiger partial charge in [0.2, 0.25) is 0 Å². The summed E-state index contributed by atoms with van der Waals surface area (Å²) < 4.78 is 0. The smallest absolute Gasteiger partial charge is 0.128 e. The van der Waals surface area contributed by atoms with Gasteiger partial charge in [0.15, 0.2) is 0 Å². The third-order valence-corrected chi connectivity index (χ3v) is 6.02. The number of hydrogen-bond acceptors (Lipinski definition) is 2. The van der Waals surface area contributed by atoms with Gasteiger partial charge in [-0.25, -0.2) is 21.7 Å². The van der Waals surface area contributed by atoms with Gasteiger partial charge >= 0.3 is 0 Å². The zero-order chi connectivity index (χ0) is 16.5. The fraction of sp³-hybridized carbons (Fsp3) is 0.526. The minimum atomic E-state index is -0.309. The summed E-state index contributed by atoms with van der Waals surface area (Å²) in [4.78, 5) is 21.1. The number of hydrogen-bond donors (Lipinski definition) is 0. The van der Waals surface area contributed by atoms with Crippen molar-refractivity contribution in [3.63, 3.8) is 0 Å². The molecule has 0 heterocycles. The minimum absolute atomic E-state index is 0. The number of carbonyl (C=O) groups excluding carboxylic acids is 2. The predicted octanol–water partition coefficient (Wildman–Crippen LogP) is 5.36. The monoisotopic (exact) mass is 374 g/mol. The fourth-order valence-electron chi connectivity index (χ4n) is 1.94. The molecule has 0 spiro atoms. The largest absolute Gasteiger partial charge is 0.234 e. The minimum Gasteiger partial charge on any atom is -0.234 e. The van der Waals surface area contributed by atoms with Crippen molar-refractivity contribution in [2.24, 2.45) is 0 Å². The first kappa shape index (κ1) is 24.5. The summed E-state index contributed by atoms with van der Waals surface area (Å²) in [7, 11) is -0.309. The molecule has 0 aromatic heterocycles. The van der Waals surface area contributed by atoms with Gasteiger partial charge < -0.3 is 0 Å². The van der Waals surface area contributed by atoms with Crippen molar-refractivity contribution >= 4 is 19.8 Å². The van der Waals surface area contributed by atoms with Crippen molar-refractivity contribution < 1.29 is 26.7 Å². The molecule has 129 valence electrons. The van der Waals surface area contributed by atoms with Gasteiger partial charge in [-0.05, 0) is 38.0 Å². The van der Waals surface area contributed by atoms with Crippen LogP contribution in [-0.4, -0.2) is 24.2 Å². The molecule has 0 fully saturated rings. The summed E-state index contributed by atoms with van der Waals surface area (Å²) in [6, 6.07) is 10.0. The summed E-state index contributed by atoms with van der Waals surface area (Å²) in [5.74, 6) is 3.89. The van der Waals surface area contributed by atoms with Crippen molar-refractivity contribution in [3.05, 3.63) is 41.7 Å². The molecule has 0 amide bonds. The third-order valence-electron chi connectivity index (χ3n) is 3.23. The van der Waals surface area contributed by atoms with Gasteiger partial charge in [-0.3, -0.25) is 0 Å². The summed E-state index contributed by atoms with van der Waals surface area (Å²) in [5.41, 5.74) is 0. The van der Waals surface area contributed by atoms with E-state index in [4.69, 9.17) is 0 Å². The second-order valence-electron chi connectivity index (χ2n) is 5.07. The quantitative estimate of drug-likeness (QED) is 0.239. The molecular formula is C19H28MnO2P-. The van der Waals surface area contributed by atoms with Crippen molar-refractivity contribution in [2.45, 2.75) is 52.4 Å². The van der Waals surface area contributed by atoms with Crippen LogP contribution in [0.15, 0.2) is 41.7 Å². The summed E-state index contributed by atoms with van der Waals surface area (Å²) in [6.07, 6.45) is 9.78. The van der Waals surface area contributed by atoms with Crippen LogP contribution in [0.25, 0.3) is 0 Å². The van der Waals surface area contributed by atoms with Crippen LogP contribution in [0.1, 0.15) is 52.4 Å². The Kier molecular flexibility index (Phi) is 20.5. The van der Waals surface area contributed by atoms with E-state index in [2.05, 4.69) is 19.8 Å². The van der Waals surface area contributed by atoms with E-state index in [-0.39, 0.29) is 25.0 Å². The second-order valence-corrected chi connectivity index (χ2v) is 7.58. The normalized spacial score (nSPS) is 9.00. The Morgan fingerprint density at radius 1 is 1.09 bits per heavy atom. The molecule has 1 aromatic carbocycles. The summed E-state index contributed by atoms with van der Waals surface area (Å²) in [5, 5.41) is 0.924. The summed E-state index contributed by atoms with van der Waals surface area (Å²) >= 11 is 0. The molecule has 0 aliphatic carbocycles. The Morgan fingerprint density at radius 3 is 2.00 bits per heavy atom. The average molecular weight is 374 g/mol. The van der Waals surface area contributed by atoms with Gasteiger partial charge in [0.05, 0.1) is 0 Å². The molecule has 1 aromatic rings. The maximum absolute atomic E-state index is 11.0. The fourth-order valence-corrected chi connectivity index (χ4v) is 4.68. The molecule has 23 heavy (non-hydrogen) atoms. The zero-order valence-electron chi connectivity index (χ0n) is 14.3. The van der Waals surface area contributed by atoms with Crippen molar-refractivity contribution in [2.75, 3.05) is 12.3 Å². The molecule has 0 atom stereocenters. The van der Waals surface area contributed by atoms with Gasteiger partial charge in [-0.1, -0.05) is 34.6 Å². The molecule has 0 aliphatic rings. The Morgan fingerprint density at radius 2 is 1.65 bits per heavy atom. The maximum Gasteiger partial charge on any atom is 0.128 e. The molecule has 0 N–H and O–H groups in total. The number of allylic oxidation sites excluding steroid dienone is 2. The molecule has 1 radical (unpaired) electrons. The van der Waals surface area contributed by atoms with Crippen molar-refractivity contribution in [3.8, 4) is 0 Å². The van der Waals surface area contributed by atoms with E-state index < -0.39 is 0 Å². The van der Waals surface area contributed by atoms with Gasteiger partial charge in [0.25, 0.3) is 0 Å². The zero-order valence-corrected chi connectivity index (χ0v) is 16.3. The molecule has 0 saturated heterocycles. The molecule has 1 rings (SSSR count). The van der Waals surface area contributed by atoms with Crippen LogP contribution in [0.5, 0.6) is 0 Å². The van der Waals surface area contributed by atoms with Crippen LogP contribution in [-0.2, 0) is 26.7 Å². The Labute approximate surface area is 153 Å². The molecule has 0 bridgehead atoms. The van der Waals surface area contributed by atoms with Crippen LogP contribution in [0.2, 0.25) is 0 Å². The topological polar surface area (TPSA) is 34.1 Å². The second kappa shape index (κ2) is 19.2. The van der Waals surface area contributed by atoms with E-state index >= 15 is 0 Å². The van der Waals surface area contributed by atoms with Crippen LogP contribution in [0.3, 0.4) is 0 Å². The first-order valence-corrected chi connectivity index (χ1v) is 9.86. The standard InChI is InChI=1S/C14H23O2P.C5H5.Mn/c1-3-5-11-17(12-6-4-2)14(13-16)9-7-8-10-15;1-2-4-5-3-1;/h8H,3-7,9,11-12H2,1-2H3;1-5H;/q;-1;. The van der Waals surface area contributed by atoms with Gasteiger partial charge in [0, 0.05) is 28.5 Å². The van der Waals surface area contributed by atoms with E-state index in [1.807, 2.05) is 30.3 Å². The van der Waals surface area contributed by atoms with E-state index in [9.17, 15) is 9.59 Å². The van der Waals surface area contributed by atoms with E-state index in [0.717, 1.165) is 17.6 Å². The molecule has 4 heteroatoms. The van der Waals surface area contributed by atoms with Crippen LogP contribution in [0, 0.1) is 0 Å². The van der Waals surface area contributed by atoms with Crippen molar-refractivity contribution in [1.82, 2.24) is 0 Å². The Balaban J connectivity index is 0. The van der Waals surface area contributed by atoms with E-state index in [1.165, 1.54) is 31.8 Å². The number of unbranched alkanes of at least 4 members (excludes halogenated alkanes) is 2. The van der Waals surface area contributed by atoms with Gasteiger partial charge in [0.1, 0.15) is 11.9 Å². The van der Waals surface area contributed by atoms with Crippen LogP contribution in [0.4, 0.5) is 0 Å². The first-order chi connectivity index (χ1) is 10.8. The van der Waals surface area contributed by atoms with Crippen molar-refractivity contribution in [1.29, 1.82) is 0 Å². The van der Waals surface area contributed by atoms with E-state index in [0.29, 0.717) is 12.8 Å². The summed E-state index contributed by atoms with van der Waals surface area (Å²) in [6.45, 7) is 4.35. The molecule has 0 unspecified atom stereocenters. The van der Waals surface area contributed by atoms with Gasteiger partial charge in [-0.2, -0.15) is 18.2 Å². The average Bonchev–Trinajstić information content (AvgIpc) is 3.12. The molecular weight excluding hydrogens is 346 g/mol. The van der Waals surface area contributed by atoms with Crippen LogP contribution < -0.4 is 0 Å². The maximum atomic E-state index is 11.0. The first-order valence-electron chi connectivity index (χ1n) is 8.15. The SMILES string of the molecule is CCCCP(CCCC)C(=C=O)CCC=C=O.[Mn].c1cc[cH-]c1. The van der Waals surface area contributed by atoms with Gasteiger partial charge in [-0.15, -0.1) is 0 Å². The Bertz CT molecular complexity index is 419. The molecule has 0 saturated carbocycles. The Hall–Kier alpha value is -0.801. The number of rotatable bonds is 10. The molecule has 2 nitrogen and oxygen atoms in total. The third kappa shape index (κ3) is 14.5. The van der Waals surface area contributed by atoms with E-state index in [1.54, 1.807) is 5.94 Å².